The minimum absolute atomic E-state index is 0.133. The summed E-state index contributed by atoms with van der Waals surface area (Å²) in [7, 11) is 1.27. The summed E-state index contributed by atoms with van der Waals surface area (Å²) >= 11 is 20.6. The molecule has 10 nitrogen and oxygen atoms in total. The summed E-state index contributed by atoms with van der Waals surface area (Å²) < 4.78 is 30.8. The maximum absolute atomic E-state index is 14.2. The van der Waals surface area contributed by atoms with Crippen molar-refractivity contribution in [1.82, 2.24) is 4.57 Å². The van der Waals surface area contributed by atoms with Gasteiger partial charge >= 0.3 is 11.9 Å². The molecule has 15 heteroatoms. The molecule has 0 radical (unpaired) electrons. The van der Waals surface area contributed by atoms with Crippen molar-refractivity contribution in [2.24, 2.45) is 4.99 Å². The Bertz CT molecular complexity index is 2160. The molecule has 1 aromatic heterocycles. The van der Waals surface area contributed by atoms with E-state index in [1.807, 2.05) is 18.2 Å². The van der Waals surface area contributed by atoms with Gasteiger partial charge in [-0.25, -0.2) is 14.6 Å². The van der Waals surface area contributed by atoms with Crippen LogP contribution in [0.1, 0.15) is 43.5 Å². The summed E-state index contributed by atoms with van der Waals surface area (Å²) in [6.07, 6.45) is 1.75. The topological polar surface area (TPSA) is 115 Å². The van der Waals surface area contributed by atoms with Gasteiger partial charge in [0.05, 0.1) is 61.2 Å². The quantitative estimate of drug-likeness (QED) is 0.138. The first-order chi connectivity index (χ1) is 23.9. The first-order valence-corrected chi connectivity index (χ1v) is 18.3. The van der Waals surface area contributed by atoms with Crippen molar-refractivity contribution in [3.8, 4) is 17.2 Å². The van der Waals surface area contributed by atoms with Crippen molar-refractivity contribution in [1.29, 1.82) is 0 Å². The highest BCUT2D eigenvalue weighted by molar-refractivity contribution is 9.11. The first kappa shape index (κ1) is 37.6. The van der Waals surface area contributed by atoms with Gasteiger partial charge in [-0.15, -0.1) is 0 Å². The summed E-state index contributed by atoms with van der Waals surface area (Å²) in [6.45, 7) is 5.57. The third-order valence-corrected chi connectivity index (χ3v) is 10.3. The van der Waals surface area contributed by atoms with Crippen molar-refractivity contribution in [3.63, 3.8) is 0 Å². The fourth-order valence-electron chi connectivity index (χ4n) is 5.12. The molecule has 1 aliphatic heterocycles. The number of thiazole rings is 1. The Hall–Kier alpha value is -3.62. The summed E-state index contributed by atoms with van der Waals surface area (Å²) in [6, 6.07) is 13.1. The highest BCUT2D eigenvalue weighted by atomic mass is 79.9. The molecule has 0 spiro atoms. The number of carbonyl (C=O) groups excluding carboxylic acids is 2. The average Bonchev–Trinajstić information content (AvgIpc) is 3.38. The number of carbonyl (C=O) groups is 2. The van der Waals surface area contributed by atoms with E-state index in [0.29, 0.717) is 69.0 Å². The maximum atomic E-state index is 14.2. The number of benzene rings is 3. The van der Waals surface area contributed by atoms with E-state index in [0.717, 1.165) is 5.56 Å². The van der Waals surface area contributed by atoms with Crippen LogP contribution in [0.4, 0.5) is 0 Å². The number of fused-ring (bicyclic) bond motifs is 1. The zero-order chi connectivity index (χ0) is 36.1. The van der Waals surface area contributed by atoms with Gasteiger partial charge < -0.3 is 23.7 Å². The molecule has 50 heavy (non-hydrogen) atoms. The molecular weight excluding hydrogens is 839 g/mol. The van der Waals surface area contributed by atoms with Crippen LogP contribution in [0.25, 0.3) is 6.08 Å². The summed E-state index contributed by atoms with van der Waals surface area (Å²) in [4.78, 5) is 44.4. The molecule has 1 aliphatic rings. The number of hydrogen-bond donors (Lipinski definition) is 0. The number of allylic oxidation sites excluding steroid dienone is 1. The molecule has 2 heterocycles. The van der Waals surface area contributed by atoms with Crippen LogP contribution < -0.4 is 29.1 Å². The van der Waals surface area contributed by atoms with Crippen molar-refractivity contribution >= 4 is 84.4 Å². The monoisotopic (exact) mass is 866 g/mol. The number of nitrogens with zero attached hydrogens (tertiary/aromatic N) is 2. The summed E-state index contributed by atoms with van der Waals surface area (Å²) in [5.74, 6) is 0.0311. The lowest BCUT2D eigenvalue weighted by molar-refractivity contribution is -0.143. The molecule has 0 N–H and O–H groups in total. The minimum atomic E-state index is -0.892. The average molecular weight is 869 g/mol. The van der Waals surface area contributed by atoms with Crippen LogP contribution >= 0.6 is 66.4 Å². The predicted molar refractivity (Wildman–Crippen MR) is 198 cm³/mol. The minimum Gasteiger partial charge on any atom is -0.490 e. The van der Waals surface area contributed by atoms with Gasteiger partial charge in [0.2, 0.25) is 0 Å². The van der Waals surface area contributed by atoms with Crippen molar-refractivity contribution < 1.29 is 33.3 Å². The Morgan fingerprint density at radius 2 is 1.70 bits per heavy atom. The Kier molecular flexibility index (Phi) is 12.5. The van der Waals surface area contributed by atoms with E-state index in [4.69, 9.17) is 42.1 Å². The smallest absolute Gasteiger partial charge is 0.343 e. The van der Waals surface area contributed by atoms with Gasteiger partial charge in [-0.3, -0.25) is 9.36 Å². The van der Waals surface area contributed by atoms with E-state index in [-0.39, 0.29) is 31.0 Å². The molecule has 0 unspecified atom stereocenters. The second kappa shape index (κ2) is 16.6. The number of esters is 2. The van der Waals surface area contributed by atoms with E-state index in [1.165, 1.54) is 23.0 Å². The predicted octanol–water partition coefficient (Wildman–Crippen LogP) is 7.16. The van der Waals surface area contributed by atoms with Crippen molar-refractivity contribution in [3.05, 3.63) is 115 Å². The molecule has 0 bridgehead atoms. The van der Waals surface area contributed by atoms with E-state index >= 15 is 0 Å². The van der Waals surface area contributed by atoms with E-state index in [1.54, 1.807) is 57.2 Å². The Morgan fingerprint density at radius 1 is 0.960 bits per heavy atom. The van der Waals surface area contributed by atoms with Gasteiger partial charge in [0.15, 0.2) is 22.9 Å². The van der Waals surface area contributed by atoms with Crippen LogP contribution in [0.3, 0.4) is 0 Å². The van der Waals surface area contributed by atoms with Crippen LogP contribution in [0.15, 0.2) is 78.5 Å². The molecule has 0 saturated heterocycles. The van der Waals surface area contributed by atoms with Crippen LogP contribution in [0.5, 0.6) is 17.2 Å². The zero-order valence-corrected chi connectivity index (χ0v) is 32.7. The van der Waals surface area contributed by atoms with Gasteiger partial charge in [0, 0.05) is 0 Å². The molecule has 0 saturated carbocycles. The standard InChI is InChI=1S/C35H30Br2Cl2N2O8S/c1-5-46-27-15-21(8-10-26(27)48-17-29(42)45-4)31-30(34(44)47-6-2)18(3)40-35-41(31)33(43)28(50-35)14-20-11-22(36)32(23(37)12-20)49-16-19-7-9-24(38)25(39)13-19/h7-15,31H,5-6,16-17H2,1-4H3/b28-14-/t31-/m1/s1. The van der Waals surface area contributed by atoms with Crippen LogP contribution in [-0.4, -0.2) is 43.4 Å². The molecule has 5 rings (SSSR count). The number of aromatic nitrogens is 1. The summed E-state index contributed by atoms with van der Waals surface area (Å²) in [5.41, 5.74) is 2.37. The number of rotatable bonds is 12. The Balaban J connectivity index is 1.56. The first-order valence-electron chi connectivity index (χ1n) is 15.2. The maximum Gasteiger partial charge on any atom is 0.343 e. The van der Waals surface area contributed by atoms with E-state index < -0.39 is 18.0 Å². The number of hydrogen-bond acceptors (Lipinski definition) is 10. The largest absolute Gasteiger partial charge is 0.490 e. The Morgan fingerprint density at radius 3 is 2.36 bits per heavy atom. The number of halogens is 4. The van der Waals surface area contributed by atoms with Gasteiger partial charge in [-0.05, 0) is 112 Å². The number of methoxy groups -OCH3 is 1. The number of ether oxygens (including phenoxy) is 5. The third kappa shape index (κ3) is 8.29. The van der Waals surface area contributed by atoms with Crippen LogP contribution in [-0.2, 0) is 25.7 Å². The lowest BCUT2D eigenvalue weighted by Gasteiger charge is -2.25. The molecular formula is C35H30Br2Cl2N2O8S. The highest BCUT2D eigenvalue weighted by Crippen LogP contribution is 2.38. The van der Waals surface area contributed by atoms with E-state index in [2.05, 4.69) is 41.6 Å². The molecule has 0 amide bonds. The fraction of sp³-hybridized carbons (Fsp3) is 0.257. The third-order valence-electron chi connectivity index (χ3n) is 7.36. The second-order valence-electron chi connectivity index (χ2n) is 10.7. The molecule has 262 valence electrons. The van der Waals surface area contributed by atoms with Crippen LogP contribution in [0, 0.1) is 0 Å². The van der Waals surface area contributed by atoms with Crippen molar-refractivity contribution in [2.75, 3.05) is 26.9 Å². The van der Waals surface area contributed by atoms with Crippen LogP contribution in [0.2, 0.25) is 10.0 Å². The molecule has 0 fully saturated rings. The van der Waals surface area contributed by atoms with Gasteiger partial charge in [-0.1, -0.05) is 46.7 Å². The highest BCUT2D eigenvalue weighted by Gasteiger charge is 2.34. The lowest BCUT2D eigenvalue weighted by Crippen LogP contribution is -2.40. The fourth-order valence-corrected chi connectivity index (χ4v) is 7.94. The Labute approximate surface area is 318 Å². The second-order valence-corrected chi connectivity index (χ2v) is 14.2. The van der Waals surface area contributed by atoms with Gasteiger partial charge in [-0.2, -0.15) is 0 Å². The molecule has 4 aromatic rings. The van der Waals surface area contributed by atoms with E-state index in [9.17, 15) is 14.4 Å². The van der Waals surface area contributed by atoms with Gasteiger partial charge in [0.25, 0.3) is 5.56 Å². The molecule has 1 atom stereocenters. The normalized spacial score (nSPS) is 14.2. The zero-order valence-electron chi connectivity index (χ0n) is 27.2. The summed E-state index contributed by atoms with van der Waals surface area (Å²) in [5, 5.41) is 0.896. The van der Waals surface area contributed by atoms with Gasteiger partial charge in [0.1, 0.15) is 12.4 Å². The lowest BCUT2D eigenvalue weighted by atomic mass is 9.95. The SMILES string of the molecule is CCOC(=O)C1=C(C)N=c2s/c(=C\c3cc(Br)c(OCc4ccc(Cl)c(Cl)c4)c(Br)c3)c(=O)n2[C@@H]1c1ccc(OCC(=O)OC)c(OCC)c1. The molecule has 3 aromatic carbocycles. The molecule has 0 aliphatic carbocycles. The van der Waals surface area contributed by atoms with Crippen molar-refractivity contribution in [2.45, 2.75) is 33.4 Å².